The summed E-state index contributed by atoms with van der Waals surface area (Å²) in [4.78, 5) is 23.7. The molecular weight excluding hydrogens is 246 g/mol. The molecule has 1 amide bonds. The van der Waals surface area contributed by atoms with Crippen LogP contribution in [-0.2, 0) is 9.59 Å². The maximum Gasteiger partial charge on any atom is 0.304 e. The van der Waals surface area contributed by atoms with Gasteiger partial charge in [0.05, 0.1) is 24.6 Å². The number of carbonyl (C=O) groups excluding carboxylic acids is 1. The van der Waals surface area contributed by atoms with Gasteiger partial charge in [-0.25, -0.2) is 0 Å². The van der Waals surface area contributed by atoms with Gasteiger partial charge in [-0.1, -0.05) is 6.07 Å². The molecule has 1 aromatic rings. The second-order valence-corrected chi connectivity index (χ2v) is 4.12. The Balaban J connectivity index is 2.46. The first-order chi connectivity index (χ1) is 9.01. The predicted octanol–water partition coefficient (Wildman–Crippen LogP) is 0.903. The van der Waals surface area contributed by atoms with E-state index in [-0.39, 0.29) is 18.9 Å². The summed E-state index contributed by atoms with van der Waals surface area (Å²) in [7, 11) is 1.67. The van der Waals surface area contributed by atoms with Gasteiger partial charge in [0.25, 0.3) is 0 Å². The van der Waals surface area contributed by atoms with Gasteiger partial charge in [-0.05, 0) is 25.2 Å². The summed E-state index contributed by atoms with van der Waals surface area (Å²) in [5.41, 5.74) is 1.02. The first kappa shape index (κ1) is 14.7. The number of anilines is 1. The van der Waals surface area contributed by atoms with Crippen LogP contribution in [0, 0.1) is 11.3 Å². The maximum atomic E-state index is 11.7. The SMILES string of the molecule is CN(CCC(=O)O)CC(=O)Nc1cccc(C#N)c1. The molecule has 0 aliphatic heterocycles. The highest BCUT2D eigenvalue weighted by atomic mass is 16.4. The van der Waals surface area contributed by atoms with E-state index in [0.29, 0.717) is 17.8 Å². The van der Waals surface area contributed by atoms with Crippen molar-refractivity contribution in [3.63, 3.8) is 0 Å². The molecule has 6 heteroatoms. The number of rotatable bonds is 6. The number of nitrogens with zero attached hydrogens (tertiary/aromatic N) is 2. The topological polar surface area (TPSA) is 93.4 Å². The quantitative estimate of drug-likeness (QED) is 0.793. The minimum Gasteiger partial charge on any atom is -0.481 e. The zero-order valence-corrected chi connectivity index (χ0v) is 10.6. The van der Waals surface area contributed by atoms with Crippen LogP contribution in [0.5, 0.6) is 0 Å². The monoisotopic (exact) mass is 261 g/mol. The van der Waals surface area contributed by atoms with Crippen molar-refractivity contribution < 1.29 is 14.7 Å². The number of nitriles is 1. The lowest BCUT2D eigenvalue weighted by molar-refractivity contribution is -0.137. The van der Waals surface area contributed by atoms with Crippen molar-refractivity contribution in [2.45, 2.75) is 6.42 Å². The van der Waals surface area contributed by atoms with Crippen molar-refractivity contribution in [3.8, 4) is 6.07 Å². The summed E-state index contributed by atoms with van der Waals surface area (Å²) in [6.07, 6.45) is -0.00625. The van der Waals surface area contributed by atoms with Crippen LogP contribution in [0.25, 0.3) is 0 Å². The number of hydrogen-bond acceptors (Lipinski definition) is 4. The minimum atomic E-state index is -0.894. The summed E-state index contributed by atoms with van der Waals surface area (Å²) < 4.78 is 0. The number of hydrogen-bond donors (Lipinski definition) is 2. The van der Waals surface area contributed by atoms with Crippen LogP contribution in [0.3, 0.4) is 0 Å². The number of benzene rings is 1. The molecule has 0 radical (unpaired) electrons. The molecule has 0 aliphatic carbocycles. The standard InChI is InChI=1S/C13H15N3O3/c1-16(6-5-13(18)19)9-12(17)15-11-4-2-3-10(7-11)8-14/h2-4,7H,5-6,9H2,1H3,(H,15,17)(H,18,19). The Morgan fingerprint density at radius 3 is 2.84 bits per heavy atom. The van der Waals surface area contributed by atoms with Crippen molar-refractivity contribution >= 4 is 17.6 Å². The molecule has 0 unspecified atom stereocenters. The van der Waals surface area contributed by atoms with Crippen molar-refractivity contribution in [2.75, 3.05) is 25.5 Å². The highest BCUT2D eigenvalue weighted by Gasteiger charge is 2.08. The average molecular weight is 261 g/mol. The first-order valence-electron chi connectivity index (χ1n) is 5.71. The third kappa shape index (κ3) is 5.66. The van der Waals surface area contributed by atoms with E-state index in [2.05, 4.69) is 5.32 Å². The largest absolute Gasteiger partial charge is 0.481 e. The molecule has 0 atom stereocenters. The fraction of sp³-hybridized carbons (Fsp3) is 0.308. The van der Waals surface area contributed by atoms with Gasteiger partial charge in [0.1, 0.15) is 0 Å². The zero-order chi connectivity index (χ0) is 14.3. The number of nitrogens with one attached hydrogen (secondary N) is 1. The number of carboxylic acid groups (broad SMARTS) is 1. The Bertz CT molecular complexity index is 508. The van der Waals surface area contributed by atoms with E-state index in [9.17, 15) is 9.59 Å². The van der Waals surface area contributed by atoms with Crippen LogP contribution < -0.4 is 5.32 Å². The predicted molar refractivity (Wildman–Crippen MR) is 69.5 cm³/mol. The highest BCUT2D eigenvalue weighted by molar-refractivity contribution is 5.92. The van der Waals surface area contributed by atoms with Crippen LogP contribution in [0.4, 0.5) is 5.69 Å². The van der Waals surface area contributed by atoms with Gasteiger partial charge >= 0.3 is 5.97 Å². The molecule has 0 saturated heterocycles. The summed E-state index contributed by atoms with van der Waals surface area (Å²) >= 11 is 0. The van der Waals surface area contributed by atoms with E-state index in [4.69, 9.17) is 10.4 Å². The number of carboxylic acids is 1. The van der Waals surface area contributed by atoms with Crippen LogP contribution in [0.2, 0.25) is 0 Å². The summed E-state index contributed by atoms with van der Waals surface area (Å²) in [5.74, 6) is -1.14. The van der Waals surface area contributed by atoms with Crippen LogP contribution in [0.1, 0.15) is 12.0 Å². The van der Waals surface area contributed by atoms with Crippen molar-refractivity contribution in [2.24, 2.45) is 0 Å². The van der Waals surface area contributed by atoms with Gasteiger partial charge < -0.3 is 10.4 Å². The Morgan fingerprint density at radius 2 is 2.21 bits per heavy atom. The maximum absolute atomic E-state index is 11.7. The van der Waals surface area contributed by atoms with Crippen molar-refractivity contribution in [1.82, 2.24) is 4.90 Å². The molecule has 0 saturated carbocycles. The van der Waals surface area contributed by atoms with E-state index >= 15 is 0 Å². The fourth-order valence-electron chi connectivity index (χ4n) is 1.48. The fourth-order valence-corrected chi connectivity index (χ4v) is 1.48. The van der Waals surface area contributed by atoms with Crippen molar-refractivity contribution in [1.29, 1.82) is 5.26 Å². The molecular formula is C13H15N3O3. The summed E-state index contributed by atoms with van der Waals surface area (Å²) in [6, 6.07) is 8.59. The zero-order valence-electron chi connectivity index (χ0n) is 10.6. The van der Waals surface area contributed by atoms with Gasteiger partial charge in [0.2, 0.25) is 5.91 Å². The molecule has 2 N–H and O–H groups in total. The lowest BCUT2D eigenvalue weighted by Crippen LogP contribution is -2.31. The smallest absolute Gasteiger partial charge is 0.304 e. The van der Waals surface area contributed by atoms with Gasteiger partial charge in [0, 0.05) is 12.2 Å². The van der Waals surface area contributed by atoms with Crippen LogP contribution >= 0.6 is 0 Å². The molecule has 100 valence electrons. The second kappa shape index (κ2) is 7.13. The van der Waals surface area contributed by atoms with E-state index in [0.717, 1.165) is 0 Å². The van der Waals surface area contributed by atoms with Gasteiger partial charge in [-0.2, -0.15) is 5.26 Å². The van der Waals surface area contributed by atoms with Crippen LogP contribution in [0.15, 0.2) is 24.3 Å². The molecule has 0 bridgehead atoms. The molecule has 0 fully saturated rings. The van der Waals surface area contributed by atoms with E-state index in [1.54, 1.807) is 36.2 Å². The molecule has 19 heavy (non-hydrogen) atoms. The Kier molecular flexibility index (Phi) is 5.51. The average Bonchev–Trinajstić information content (AvgIpc) is 2.36. The third-order valence-corrected chi connectivity index (χ3v) is 2.40. The lowest BCUT2D eigenvalue weighted by atomic mass is 10.2. The third-order valence-electron chi connectivity index (χ3n) is 2.40. The molecule has 0 aromatic heterocycles. The summed E-state index contributed by atoms with van der Waals surface area (Å²) in [6.45, 7) is 0.408. The molecule has 0 heterocycles. The number of aliphatic carboxylic acids is 1. The van der Waals surface area contributed by atoms with Gasteiger partial charge in [-0.3, -0.25) is 14.5 Å². The molecule has 0 aliphatic rings. The van der Waals surface area contributed by atoms with E-state index in [1.807, 2.05) is 6.07 Å². The number of amides is 1. The number of carbonyl (C=O) groups is 2. The van der Waals surface area contributed by atoms with Crippen LogP contribution in [-0.4, -0.2) is 42.0 Å². The normalized spacial score (nSPS) is 9.95. The van der Waals surface area contributed by atoms with E-state index < -0.39 is 5.97 Å². The first-order valence-corrected chi connectivity index (χ1v) is 5.71. The lowest BCUT2D eigenvalue weighted by Gasteiger charge is -2.15. The Hall–Kier alpha value is -2.39. The second-order valence-electron chi connectivity index (χ2n) is 4.12. The Morgan fingerprint density at radius 1 is 1.47 bits per heavy atom. The Labute approximate surface area is 111 Å². The highest BCUT2D eigenvalue weighted by Crippen LogP contribution is 2.09. The summed E-state index contributed by atoms with van der Waals surface area (Å²) in [5, 5.41) is 19.9. The molecule has 0 spiro atoms. The molecule has 6 nitrogen and oxygen atoms in total. The van der Waals surface area contributed by atoms with Gasteiger partial charge in [-0.15, -0.1) is 0 Å². The molecule has 1 aromatic carbocycles. The minimum absolute atomic E-state index is 0.00625. The number of likely N-dealkylation sites (N-methyl/N-ethyl adjacent to an activating group) is 1. The van der Waals surface area contributed by atoms with Gasteiger partial charge in [0.15, 0.2) is 0 Å². The van der Waals surface area contributed by atoms with Crippen molar-refractivity contribution in [3.05, 3.63) is 29.8 Å². The van der Waals surface area contributed by atoms with E-state index in [1.165, 1.54) is 0 Å². The molecule has 1 rings (SSSR count).